The van der Waals surface area contributed by atoms with Crippen LogP contribution in [0, 0.1) is 0 Å². The van der Waals surface area contributed by atoms with E-state index in [2.05, 4.69) is 17.2 Å². The zero-order valence-corrected chi connectivity index (χ0v) is 12.8. The first kappa shape index (κ1) is 14.8. The predicted molar refractivity (Wildman–Crippen MR) is 85.4 cm³/mol. The van der Waals surface area contributed by atoms with Crippen molar-refractivity contribution in [1.82, 2.24) is 0 Å². The molecule has 6 heteroatoms. The van der Waals surface area contributed by atoms with Gasteiger partial charge in [0, 0.05) is 23.3 Å². The van der Waals surface area contributed by atoms with Gasteiger partial charge in [-0.05, 0) is 43.7 Å². The number of rotatable bonds is 1. The Morgan fingerprint density at radius 1 is 1.09 bits per heavy atom. The Hall–Kier alpha value is -2.08. The van der Waals surface area contributed by atoms with Crippen LogP contribution in [-0.2, 0) is 0 Å². The van der Waals surface area contributed by atoms with Gasteiger partial charge >= 0.3 is 0 Å². The molecule has 2 aliphatic rings. The third-order valence-corrected chi connectivity index (χ3v) is 4.56. The lowest BCUT2D eigenvalue weighted by Gasteiger charge is -2.31. The molecular weight excluding hydrogens is 302 g/mol. The average Bonchev–Trinajstić information content (AvgIpc) is 2.49. The van der Waals surface area contributed by atoms with Crippen molar-refractivity contribution in [3.8, 4) is 11.5 Å². The molecule has 0 radical (unpaired) electrons. The van der Waals surface area contributed by atoms with Crippen LogP contribution in [0.1, 0.15) is 63.4 Å². The minimum atomic E-state index is -0.481. The lowest BCUT2D eigenvalue weighted by Crippen LogP contribution is -2.20. The second kappa shape index (κ2) is 5.28. The SMILES string of the molecule is CC1CCC(C=NS)c2c(O)c3c(c(O)c21)C(=O)C=CC3=O. The average molecular weight is 317 g/mol. The van der Waals surface area contributed by atoms with Gasteiger partial charge in [0.15, 0.2) is 11.6 Å². The molecular formula is C16H15NO4S. The Kier molecular flexibility index (Phi) is 3.56. The second-order valence-electron chi connectivity index (χ2n) is 5.69. The van der Waals surface area contributed by atoms with Crippen molar-refractivity contribution in [3.05, 3.63) is 34.4 Å². The third-order valence-electron chi connectivity index (χ3n) is 4.42. The summed E-state index contributed by atoms with van der Waals surface area (Å²) in [5.74, 6) is -1.64. The second-order valence-corrected chi connectivity index (χ2v) is 5.92. The third kappa shape index (κ3) is 1.98. The van der Waals surface area contributed by atoms with Crippen LogP contribution in [0.2, 0.25) is 0 Å². The number of phenols is 2. The van der Waals surface area contributed by atoms with E-state index in [0.29, 0.717) is 11.1 Å². The number of fused-ring (bicyclic) bond motifs is 2. The topological polar surface area (TPSA) is 87.0 Å². The van der Waals surface area contributed by atoms with Crippen LogP contribution in [0.4, 0.5) is 0 Å². The summed E-state index contributed by atoms with van der Waals surface area (Å²) in [6.07, 6.45) is 5.31. The number of phenolic OH excluding ortho intramolecular Hbond substituents is 2. The van der Waals surface area contributed by atoms with Crippen LogP contribution in [-0.4, -0.2) is 28.0 Å². The molecule has 2 aliphatic carbocycles. The quantitative estimate of drug-likeness (QED) is 0.422. The maximum absolute atomic E-state index is 12.1. The summed E-state index contributed by atoms with van der Waals surface area (Å²) in [5, 5.41) is 21.2. The smallest absolute Gasteiger partial charge is 0.190 e. The number of allylic oxidation sites excluding steroid dienone is 2. The van der Waals surface area contributed by atoms with Crippen LogP contribution in [0.15, 0.2) is 16.5 Å². The number of carbonyl (C=O) groups excluding carboxylic acids is 2. The summed E-state index contributed by atoms with van der Waals surface area (Å²) >= 11 is 3.83. The van der Waals surface area contributed by atoms with Gasteiger partial charge in [0.05, 0.1) is 11.1 Å². The molecule has 114 valence electrons. The first-order chi connectivity index (χ1) is 10.5. The lowest BCUT2D eigenvalue weighted by molar-refractivity contribution is 0.0988. The Morgan fingerprint density at radius 3 is 2.18 bits per heavy atom. The number of thiol groups is 1. The lowest BCUT2D eigenvalue weighted by atomic mass is 9.73. The van der Waals surface area contributed by atoms with Gasteiger partial charge in [-0.25, -0.2) is 4.40 Å². The van der Waals surface area contributed by atoms with E-state index in [1.165, 1.54) is 0 Å². The normalized spacial score (nSPS) is 23.7. The van der Waals surface area contributed by atoms with Gasteiger partial charge < -0.3 is 10.2 Å². The van der Waals surface area contributed by atoms with Crippen LogP contribution >= 0.6 is 12.8 Å². The van der Waals surface area contributed by atoms with Crippen molar-refractivity contribution in [2.45, 2.75) is 31.6 Å². The zero-order valence-electron chi connectivity index (χ0n) is 11.9. The van der Waals surface area contributed by atoms with E-state index in [1.54, 1.807) is 6.21 Å². The highest BCUT2D eigenvalue weighted by Gasteiger charge is 2.37. The van der Waals surface area contributed by atoms with Gasteiger partial charge in [-0.1, -0.05) is 6.92 Å². The van der Waals surface area contributed by atoms with Crippen molar-refractivity contribution >= 4 is 30.6 Å². The molecule has 0 saturated carbocycles. The van der Waals surface area contributed by atoms with E-state index in [9.17, 15) is 19.8 Å². The molecule has 0 saturated heterocycles. The maximum atomic E-state index is 12.1. The van der Waals surface area contributed by atoms with Crippen molar-refractivity contribution in [2.75, 3.05) is 0 Å². The minimum absolute atomic E-state index is 0.0235. The van der Waals surface area contributed by atoms with Gasteiger partial charge in [-0.15, -0.1) is 0 Å². The summed E-state index contributed by atoms with van der Waals surface area (Å²) in [6.45, 7) is 1.92. The fourth-order valence-electron chi connectivity index (χ4n) is 3.38. The maximum Gasteiger partial charge on any atom is 0.190 e. The molecule has 1 aromatic carbocycles. The summed E-state index contributed by atoms with van der Waals surface area (Å²) in [5.41, 5.74) is 0.788. The van der Waals surface area contributed by atoms with Crippen LogP contribution < -0.4 is 0 Å². The highest BCUT2D eigenvalue weighted by Crippen LogP contribution is 2.50. The molecule has 2 unspecified atom stereocenters. The van der Waals surface area contributed by atoms with Crippen molar-refractivity contribution in [3.63, 3.8) is 0 Å². The number of hydrogen-bond acceptors (Lipinski definition) is 6. The highest BCUT2D eigenvalue weighted by atomic mass is 32.1. The molecule has 1 aromatic rings. The number of nitrogens with zero attached hydrogens (tertiary/aromatic N) is 1. The highest BCUT2D eigenvalue weighted by molar-refractivity contribution is 7.78. The van der Waals surface area contributed by atoms with E-state index >= 15 is 0 Å². The summed E-state index contributed by atoms with van der Waals surface area (Å²) in [4.78, 5) is 24.1. The Morgan fingerprint density at radius 2 is 1.64 bits per heavy atom. The van der Waals surface area contributed by atoms with E-state index in [-0.39, 0.29) is 34.5 Å². The van der Waals surface area contributed by atoms with E-state index < -0.39 is 11.6 Å². The van der Waals surface area contributed by atoms with Gasteiger partial charge in [-0.2, -0.15) is 0 Å². The molecule has 5 nitrogen and oxygen atoms in total. The van der Waals surface area contributed by atoms with Crippen molar-refractivity contribution < 1.29 is 19.8 Å². The molecule has 0 fully saturated rings. The molecule has 22 heavy (non-hydrogen) atoms. The fourth-order valence-corrected chi connectivity index (χ4v) is 3.54. The number of aromatic hydroxyl groups is 2. The molecule has 0 heterocycles. The number of carbonyl (C=O) groups is 2. The molecule has 0 bridgehead atoms. The van der Waals surface area contributed by atoms with Gasteiger partial charge in [-0.3, -0.25) is 9.59 Å². The van der Waals surface area contributed by atoms with Crippen molar-refractivity contribution in [1.29, 1.82) is 0 Å². The van der Waals surface area contributed by atoms with E-state index in [1.807, 2.05) is 6.92 Å². The fraction of sp³-hybridized carbons (Fsp3) is 0.312. The molecule has 0 aromatic heterocycles. The van der Waals surface area contributed by atoms with Crippen LogP contribution in [0.5, 0.6) is 11.5 Å². The van der Waals surface area contributed by atoms with Crippen molar-refractivity contribution in [2.24, 2.45) is 4.40 Å². The van der Waals surface area contributed by atoms with Crippen LogP contribution in [0.25, 0.3) is 0 Å². The monoisotopic (exact) mass is 317 g/mol. The summed E-state index contributed by atoms with van der Waals surface area (Å²) < 4.78 is 3.71. The summed E-state index contributed by atoms with van der Waals surface area (Å²) in [6, 6.07) is 0. The zero-order chi connectivity index (χ0) is 16.0. The van der Waals surface area contributed by atoms with Gasteiger partial charge in [0.1, 0.15) is 11.5 Å². The minimum Gasteiger partial charge on any atom is -0.507 e. The number of hydrogen-bond donors (Lipinski definition) is 3. The predicted octanol–water partition coefficient (Wildman–Crippen LogP) is 2.93. The molecule has 2 N–H and O–H groups in total. The summed E-state index contributed by atoms with van der Waals surface area (Å²) in [7, 11) is 0. The first-order valence-corrected chi connectivity index (χ1v) is 7.43. The number of benzene rings is 1. The van der Waals surface area contributed by atoms with Gasteiger partial charge in [0.25, 0.3) is 0 Å². The Labute approximate surface area is 132 Å². The Balaban J connectivity index is 2.39. The largest absolute Gasteiger partial charge is 0.507 e. The molecule has 3 rings (SSSR count). The van der Waals surface area contributed by atoms with E-state index in [4.69, 9.17) is 0 Å². The standard InChI is InChI=1S/C16H15NO4S/c1-7-2-3-8(6-17-22)12-11(7)15(20)13-9(18)4-5-10(19)14(13)16(12)21/h4-8,20-22H,2-3H2,1H3. The first-order valence-electron chi connectivity index (χ1n) is 7.03. The molecule has 0 amide bonds. The van der Waals surface area contributed by atoms with E-state index in [0.717, 1.165) is 25.0 Å². The molecule has 0 aliphatic heterocycles. The molecule has 0 spiro atoms. The van der Waals surface area contributed by atoms with Gasteiger partial charge in [0.2, 0.25) is 0 Å². The molecule has 2 atom stereocenters. The Bertz CT molecular complexity index is 751. The van der Waals surface area contributed by atoms with Crippen LogP contribution in [0.3, 0.4) is 0 Å². The number of ketones is 2.